The standard InChI is InChI=1S/C13H18O3/c1-15-12-6-5-10(7-13(12)16-2)11(8-14)9-3-4-9/h5-7,9,11,14H,3-4,8H2,1-2H3. The maximum Gasteiger partial charge on any atom is 0.160 e. The maximum absolute atomic E-state index is 9.41. The van der Waals surface area contributed by atoms with E-state index in [1.54, 1.807) is 14.2 Å². The molecular formula is C13H18O3. The number of rotatable bonds is 5. The smallest absolute Gasteiger partial charge is 0.160 e. The molecule has 1 fully saturated rings. The lowest BCUT2D eigenvalue weighted by atomic mass is 9.95. The van der Waals surface area contributed by atoms with E-state index in [1.807, 2.05) is 18.2 Å². The zero-order chi connectivity index (χ0) is 11.5. The molecule has 0 radical (unpaired) electrons. The number of ether oxygens (including phenoxy) is 2. The Kier molecular flexibility index (Phi) is 3.34. The van der Waals surface area contributed by atoms with Gasteiger partial charge >= 0.3 is 0 Å². The summed E-state index contributed by atoms with van der Waals surface area (Å²) >= 11 is 0. The molecule has 16 heavy (non-hydrogen) atoms. The van der Waals surface area contributed by atoms with Crippen LogP contribution in [-0.2, 0) is 0 Å². The summed E-state index contributed by atoms with van der Waals surface area (Å²) in [7, 11) is 3.26. The molecule has 1 saturated carbocycles. The van der Waals surface area contributed by atoms with Crippen molar-refractivity contribution in [2.24, 2.45) is 5.92 Å². The molecule has 88 valence electrons. The monoisotopic (exact) mass is 222 g/mol. The fourth-order valence-corrected chi connectivity index (χ4v) is 2.11. The number of aliphatic hydroxyl groups is 1. The topological polar surface area (TPSA) is 38.7 Å². The Labute approximate surface area is 96.0 Å². The van der Waals surface area contributed by atoms with Crippen LogP contribution in [0.15, 0.2) is 18.2 Å². The Morgan fingerprint density at radius 2 is 1.94 bits per heavy atom. The lowest BCUT2D eigenvalue weighted by Gasteiger charge is -2.16. The van der Waals surface area contributed by atoms with Gasteiger partial charge in [0.2, 0.25) is 0 Å². The van der Waals surface area contributed by atoms with Crippen LogP contribution in [0.1, 0.15) is 24.3 Å². The molecule has 0 aliphatic heterocycles. The zero-order valence-corrected chi connectivity index (χ0v) is 9.77. The van der Waals surface area contributed by atoms with Crippen molar-refractivity contribution in [1.82, 2.24) is 0 Å². The van der Waals surface area contributed by atoms with E-state index >= 15 is 0 Å². The average Bonchev–Trinajstić information content (AvgIpc) is 3.14. The molecule has 0 aromatic heterocycles. The molecule has 1 aromatic rings. The molecule has 1 N–H and O–H groups in total. The minimum absolute atomic E-state index is 0.208. The van der Waals surface area contributed by atoms with Gasteiger partial charge in [-0.3, -0.25) is 0 Å². The van der Waals surface area contributed by atoms with E-state index in [-0.39, 0.29) is 12.5 Å². The SMILES string of the molecule is COc1ccc(C(CO)C2CC2)cc1OC. The molecule has 0 bridgehead atoms. The van der Waals surface area contributed by atoms with Crippen LogP contribution in [0.5, 0.6) is 11.5 Å². The fourth-order valence-electron chi connectivity index (χ4n) is 2.11. The summed E-state index contributed by atoms with van der Waals surface area (Å²) in [6.45, 7) is 0.208. The van der Waals surface area contributed by atoms with Crippen LogP contribution in [0.4, 0.5) is 0 Å². The quantitative estimate of drug-likeness (QED) is 0.830. The molecule has 1 aromatic carbocycles. The molecule has 3 heteroatoms. The van der Waals surface area contributed by atoms with E-state index in [2.05, 4.69) is 0 Å². The first-order chi connectivity index (χ1) is 7.80. The molecule has 0 spiro atoms. The molecule has 1 aliphatic rings. The Morgan fingerprint density at radius 3 is 2.44 bits per heavy atom. The number of benzene rings is 1. The molecule has 0 amide bonds. The van der Waals surface area contributed by atoms with Crippen molar-refractivity contribution in [3.8, 4) is 11.5 Å². The number of hydrogen-bond donors (Lipinski definition) is 1. The summed E-state index contributed by atoms with van der Waals surface area (Å²) in [5.74, 6) is 2.36. The first kappa shape index (κ1) is 11.3. The van der Waals surface area contributed by atoms with Gasteiger partial charge in [-0.15, -0.1) is 0 Å². The Bertz CT molecular complexity index is 358. The minimum atomic E-state index is 0.208. The van der Waals surface area contributed by atoms with Crippen LogP contribution in [0.2, 0.25) is 0 Å². The lowest BCUT2D eigenvalue weighted by Crippen LogP contribution is -2.06. The second-order valence-corrected chi connectivity index (χ2v) is 4.24. The molecule has 1 atom stereocenters. The van der Waals surface area contributed by atoms with Crippen molar-refractivity contribution in [2.45, 2.75) is 18.8 Å². The van der Waals surface area contributed by atoms with Gasteiger partial charge in [0.1, 0.15) is 0 Å². The van der Waals surface area contributed by atoms with Gasteiger partial charge in [0, 0.05) is 5.92 Å². The Balaban J connectivity index is 2.26. The van der Waals surface area contributed by atoms with Gasteiger partial charge in [0.05, 0.1) is 20.8 Å². The summed E-state index contributed by atoms with van der Waals surface area (Å²) < 4.78 is 10.5. The maximum atomic E-state index is 9.41. The van der Waals surface area contributed by atoms with E-state index in [0.29, 0.717) is 5.92 Å². The third-order valence-electron chi connectivity index (χ3n) is 3.22. The number of methoxy groups -OCH3 is 2. The highest BCUT2D eigenvalue weighted by Crippen LogP contribution is 2.43. The van der Waals surface area contributed by atoms with E-state index < -0.39 is 0 Å². The zero-order valence-electron chi connectivity index (χ0n) is 9.77. The van der Waals surface area contributed by atoms with E-state index in [4.69, 9.17) is 9.47 Å². The van der Waals surface area contributed by atoms with E-state index in [0.717, 1.165) is 17.1 Å². The first-order valence-electron chi connectivity index (χ1n) is 5.63. The number of aliphatic hydroxyl groups excluding tert-OH is 1. The van der Waals surface area contributed by atoms with Crippen LogP contribution in [0, 0.1) is 5.92 Å². The second kappa shape index (κ2) is 4.74. The summed E-state index contributed by atoms with van der Waals surface area (Å²) in [5.41, 5.74) is 1.14. The number of hydrogen-bond acceptors (Lipinski definition) is 3. The van der Waals surface area contributed by atoms with Crippen molar-refractivity contribution >= 4 is 0 Å². The largest absolute Gasteiger partial charge is 0.493 e. The Morgan fingerprint density at radius 1 is 1.25 bits per heavy atom. The van der Waals surface area contributed by atoms with E-state index in [9.17, 15) is 5.11 Å². The predicted molar refractivity (Wildman–Crippen MR) is 62.1 cm³/mol. The van der Waals surface area contributed by atoms with Gasteiger partial charge in [-0.05, 0) is 36.5 Å². The second-order valence-electron chi connectivity index (χ2n) is 4.24. The van der Waals surface area contributed by atoms with Crippen molar-refractivity contribution < 1.29 is 14.6 Å². The van der Waals surface area contributed by atoms with Crippen molar-refractivity contribution in [3.05, 3.63) is 23.8 Å². The van der Waals surface area contributed by atoms with Gasteiger partial charge in [-0.25, -0.2) is 0 Å². The van der Waals surface area contributed by atoms with Gasteiger partial charge in [0.25, 0.3) is 0 Å². The van der Waals surface area contributed by atoms with Crippen LogP contribution in [0.3, 0.4) is 0 Å². The first-order valence-corrected chi connectivity index (χ1v) is 5.63. The van der Waals surface area contributed by atoms with Crippen LogP contribution >= 0.6 is 0 Å². The van der Waals surface area contributed by atoms with E-state index in [1.165, 1.54) is 12.8 Å². The van der Waals surface area contributed by atoms with Crippen molar-refractivity contribution in [2.75, 3.05) is 20.8 Å². The normalized spacial score (nSPS) is 16.9. The Hall–Kier alpha value is -1.22. The summed E-state index contributed by atoms with van der Waals surface area (Å²) in [4.78, 5) is 0. The summed E-state index contributed by atoms with van der Waals surface area (Å²) in [5, 5.41) is 9.41. The molecule has 0 heterocycles. The van der Waals surface area contributed by atoms with Gasteiger partial charge in [-0.2, -0.15) is 0 Å². The molecule has 0 saturated heterocycles. The van der Waals surface area contributed by atoms with Crippen LogP contribution < -0.4 is 9.47 Å². The van der Waals surface area contributed by atoms with Gasteiger partial charge in [-0.1, -0.05) is 6.07 Å². The lowest BCUT2D eigenvalue weighted by molar-refractivity contribution is 0.252. The molecule has 2 rings (SSSR count). The highest BCUT2D eigenvalue weighted by Gasteiger charge is 2.32. The minimum Gasteiger partial charge on any atom is -0.493 e. The summed E-state index contributed by atoms with van der Waals surface area (Å²) in [6.07, 6.45) is 2.44. The molecule has 1 unspecified atom stereocenters. The van der Waals surface area contributed by atoms with Crippen molar-refractivity contribution in [1.29, 1.82) is 0 Å². The third kappa shape index (κ3) is 2.14. The third-order valence-corrected chi connectivity index (χ3v) is 3.22. The highest BCUT2D eigenvalue weighted by atomic mass is 16.5. The molecular weight excluding hydrogens is 204 g/mol. The average molecular weight is 222 g/mol. The molecule has 1 aliphatic carbocycles. The fraction of sp³-hybridized carbons (Fsp3) is 0.538. The van der Waals surface area contributed by atoms with Crippen molar-refractivity contribution in [3.63, 3.8) is 0 Å². The van der Waals surface area contributed by atoms with Crippen LogP contribution in [-0.4, -0.2) is 25.9 Å². The van der Waals surface area contributed by atoms with Crippen LogP contribution in [0.25, 0.3) is 0 Å². The summed E-state index contributed by atoms with van der Waals surface area (Å²) in [6, 6.07) is 5.89. The predicted octanol–water partition coefficient (Wildman–Crippen LogP) is 2.19. The molecule has 3 nitrogen and oxygen atoms in total. The van der Waals surface area contributed by atoms with Gasteiger partial charge < -0.3 is 14.6 Å². The van der Waals surface area contributed by atoms with Gasteiger partial charge in [0.15, 0.2) is 11.5 Å². The highest BCUT2D eigenvalue weighted by molar-refractivity contribution is 5.44.